The minimum absolute atomic E-state index is 0.107. The topological polar surface area (TPSA) is 56.2 Å². The minimum Gasteiger partial charge on any atom is -0.435 e. The molecule has 0 saturated carbocycles. The largest absolute Gasteiger partial charge is 0.435 e. The molecule has 1 aromatic heterocycles. The minimum atomic E-state index is -2.97. The molecule has 3 rings (SSSR count). The van der Waals surface area contributed by atoms with E-state index in [0.717, 1.165) is 5.56 Å². The molecule has 0 radical (unpaired) electrons. The SMILES string of the molecule is O=C(Nc1ccn(Cc2cccc(F)c2)n1)c1cccc(OC(F)F)c1. The number of benzene rings is 2. The summed E-state index contributed by atoms with van der Waals surface area (Å²) in [4.78, 5) is 12.2. The van der Waals surface area contributed by atoms with E-state index in [1.165, 1.54) is 36.4 Å². The summed E-state index contributed by atoms with van der Waals surface area (Å²) in [6, 6.07) is 13.1. The maximum Gasteiger partial charge on any atom is 0.387 e. The zero-order valence-corrected chi connectivity index (χ0v) is 13.4. The first kappa shape index (κ1) is 17.5. The maximum absolute atomic E-state index is 13.2. The summed E-state index contributed by atoms with van der Waals surface area (Å²) in [7, 11) is 0. The third-order valence-electron chi connectivity index (χ3n) is 3.44. The third-order valence-corrected chi connectivity index (χ3v) is 3.44. The van der Waals surface area contributed by atoms with Crippen molar-refractivity contribution in [2.45, 2.75) is 13.2 Å². The molecule has 0 atom stereocenters. The Morgan fingerprint density at radius 1 is 1.15 bits per heavy atom. The molecule has 0 bridgehead atoms. The Hall–Kier alpha value is -3.29. The van der Waals surface area contributed by atoms with Crippen molar-refractivity contribution >= 4 is 11.7 Å². The normalized spacial score (nSPS) is 10.8. The molecule has 5 nitrogen and oxygen atoms in total. The molecular weight excluding hydrogens is 347 g/mol. The first-order valence-electron chi connectivity index (χ1n) is 7.64. The maximum atomic E-state index is 13.2. The molecule has 2 aromatic carbocycles. The number of hydrogen-bond acceptors (Lipinski definition) is 3. The van der Waals surface area contributed by atoms with E-state index in [0.29, 0.717) is 6.54 Å². The van der Waals surface area contributed by atoms with Crippen LogP contribution in [0.2, 0.25) is 0 Å². The van der Waals surface area contributed by atoms with Gasteiger partial charge in [-0.3, -0.25) is 9.48 Å². The van der Waals surface area contributed by atoms with Crippen LogP contribution in [0, 0.1) is 5.82 Å². The van der Waals surface area contributed by atoms with Crippen LogP contribution in [0.15, 0.2) is 60.8 Å². The number of ether oxygens (including phenoxy) is 1. The standard InChI is InChI=1S/C18H14F3N3O2/c19-14-5-1-3-12(9-14)11-24-8-7-16(23-24)22-17(25)13-4-2-6-15(10-13)26-18(20)21/h1-10,18H,11H2,(H,22,23,25). The van der Waals surface area contributed by atoms with E-state index in [1.54, 1.807) is 29.1 Å². The number of rotatable bonds is 6. The Morgan fingerprint density at radius 3 is 2.73 bits per heavy atom. The molecule has 0 aliphatic heterocycles. The molecule has 26 heavy (non-hydrogen) atoms. The van der Waals surface area contributed by atoms with Gasteiger partial charge in [-0.05, 0) is 35.9 Å². The number of nitrogens with one attached hydrogen (secondary N) is 1. The highest BCUT2D eigenvalue weighted by Crippen LogP contribution is 2.17. The van der Waals surface area contributed by atoms with Crippen molar-refractivity contribution in [1.82, 2.24) is 9.78 Å². The van der Waals surface area contributed by atoms with Crippen LogP contribution in [-0.4, -0.2) is 22.3 Å². The highest BCUT2D eigenvalue weighted by Gasteiger charge is 2.11. The van der Waals surface area contributed by atoms with Crippen LogP contribution in [-0.2, 0) is 6.54 Å². The van der Waals surface area contributed by atoms with Crippen molar-refractivity contribution in [3.8, 4) is 5.75 Å². The predicted octanol–water partition coefficient (Wildman–Crippen LogP) is 3.92. The van der Waals surface area contributed by atoms with Crippen molar-refractivity contribution < 1.29 is 22.7 Å². The molecule has 0 aliphatic carbocycles. The van der Waals surface area contributed by atoms with Gasteiger partial charge in [0, 0.05) is 17.8 Å². The van der Waals surface area contributed by atoms with Gasteiger partial charge in [0.1, 0.15) is 11.6 Å². The van der Waals surface area contributed by atoms with Crippen molar-refractivity contribution in [3.63, 3.8) is 0 Å². The van der Waals surface area contributed by atoms with Gasteiger partial charge in [0.2, 0.25) is 0 Å². The molecule has 0 spiro atoms. The summed E-state index contributed by atoms with van der Waals surface area (Å²) in [5, 5.41) is 6.75. The second-order valence-corrected chi connectivity index (χ2v) is 5.39. The first-order valence-corrected chi connectivity index (χ1v) is 7.64. The summed E-state index contributed by atoms with van der Waals surface area (Å²) >= 11 is 0. The second-order valence-electron chi connectivity index (χ2n) is 5.39. The van der Waals surface area contributed by atoms with Crippen LogP contribution in [0.25, 0.3) is 0 Å². The summed E-state index contributed by atoms with van der Waals surface area (Å²) < 4.78 is 43.5. The van der Waals surface area contributed by atoms with Crippen molar-refractivity contribution in [1.29, 1.82) is 0 Å². The highest BCUT2D eigenvalue weighted by molar-refractivity contribution is 6.03. The molecule has 3 aromatic rings. The lowest BCUT2D eigenvalue weighted by molar-refractivity contribution is -0.0498. The number of carbonyl (C=O) groups excluding carboxylic acids is 1. The summed E-state index contributed by atoms with van der Waals surface area (Å²) in [6.07, 6.45) is 1.64. The van der Waals surface area contributed by atoms with E-state index in [2.05, 4.69) is 15.2 Å². The number of nitrogens with zero attached hydrogens (tertiary/aromatic N) is 2. The number of alkyl halides is 2. The van der Waals surface area contributed by atoms with Gasteiger partial charge in [0.05, 0.1) is 6.54 Å². The van der Waals surface area contributed by atoms with Crippen LogP contribution in [0.3, 0.4) is 0 Å². The zero-order chi connectivity index (χ0) is 18.5. The predicted molar refractivity (Wildman–Crippen MR) is 88.8 cm³/mol. The van der Waals surface area contributed by atoms with Crippen molar-refractivity contribution in [3.05, 3.63) is 77.7 Å². The molecule has 1 heterocycles. The molecular formula is C18H14F3N3O2. The Bertz CT molecular complexity index is 912. The second kappa shape index (κ2) is 7.73. The Kier molecular flexibility index (Phi) is 5.21. The number of anilines is 1. The molecule has 8 heteroatoms. The number of carbonyl (C=O) groups is 1. The Morgan fingerprint density at radius 2 is 1.96 bits per heavy atom. The van der Waals surface area contributed by atoms with E-state index < -0.39 is 12.5 Å². The van der Waals surface area contributed by atoms with Crippen LogP contribution in [0.5, 0.6) is 5.75 Å². The van der Waals surface area contributed by atoms with E-state index in [9.17, 15) is 18.0 Å². The van der Waals surface area contributed by atoms with Gasteiger partial charge < -0.3 is 10.1 Å². The number of halogens is 3. The number of hydrogen-bond donors (Lipinski definition) is 1. The zero-order valence-electron chi connectivity index (χ0n) is 13.4. The van der Waals surface area contributed by atoms with Crippen LogP contribution >= 0.6 is 0 Å². The molecule has 0 aliphatic rings. The molecule has 1 amide bonds. The van der Waals surface area contributed by atoms with Gasteiger partial charge in [0.25, 0.3) is 5.91 Å². The van der Waals surface area contributed by atoms with Crippen LogP contribution in [0.4, 0.5) is 19.0 Å². The van der Waals surface area contributed by atoms with Gasteiger partial charge in [-0.2, -0.15) is 13.9 Å². The van der Waals surface area contributed by atoms with Crippen LogP contribution in [0.1, 0.15) is 15.9 Å². The quantitative estimate of drug-likeness (QED) is 0.724. The lowest BCUT2D eigenvalue weighted by atomic mass is 10.2. The number of aromatic nitrogens is 2. The molecule has 0 unspecified atom stereocenters. The van der Waals surface area contributed by atoms with Gasteiger partial charge in [0.15, 0.2) is 5.82 Å². The fraction of sp³-hybridized carbons (Fsp3) is 0.111. The lowest BCUT2D eigenvalue weighted by Crippen LogP contribution is -2.13. The Labute approximate surface area is 147 Å². The monoisotopic (exact) mass is 361 g/mol. The summed E-state index contributed by atoms with van der Waals surface area (Å²) in [5.74, 6) is -0.675. The van der Waals surface area contributed by atoms with E-state index in [4.69, 9.17) is 0 Å². The van der Waals surface area contributed by atoms with E-state index in [-0.39, 0.29) is 22.9 Å². The van der Waals surface area contributed by atoms with Gasteiger partial charge in [-0.15, -0.1) is 0 Å². The summed E-state index contributed by atoms with van der Waals surface area (Å²) in [5.41, 5.74) is 0.880. The molecule has 1 N–H and O–H groups in total. The number of amides is 1. The van der Waals surface area contributed by atoms with E-state index in [1.807, 2.05) is 0 Å². The van der Waals surface area contributed by atoms with E-state index >= 15 is 0 Å². The van der Waals surface area contributed by atoms with Crippen molar-refractivity contribution in [2.24, 2.45) is 0 Å². The average molecular weight is 361 g/mol. The smallest absolute Gasteiger partial charge is 0.387 e. The highest BCUT2D eigenvalue weighted by atomic mass is 19.3. The molecule has 0 fully saturated rings. The average Bonchev–Trinajstić information content (AvgIpc) is 3.01. The lowest BCUT2D eigenvalue weighted by Gasteiger charge is -2.07. The van der Waals surface area contributed by atoms with Crippen LogP contribution < -0.4 is 10.1 Å². The Balaban J connectivity index is 1.66. The molecule has 134 valence electrons. The van der Waals surface area contributed by atoms with Crippen molar-refractivity contribution in [2.75, 3.05) is 5.32 Å². The fourth-order valence-electron chi connectivity index (χ4n) is 2.34. The summed E-state index contributed by atoms with van der Waals surface area (Å²) in [6.45, 7) is -2.63. The van der Waals surface area contributed by atoms with Gasteiger partial charge in [-0.25, -0.2) is 4.39 Å². The third kappa shape index (κ3) is 4.62. The van der Waals surface area contributed by atoms with Gasteiger partial charge in [-0.1, -0.05) is 18.2 Å². The fourth-order valence-corrected chi connectivity index (χ4v) is 2.34. The van der Waals surface area contributed by atoms with Gasteiger partial charge >= 0.3 is 6.61 Å². The molecule has 0 saturated heterocycles. The first-order chi connectivity index (χ1) is 12.5.